The van der Waals surface area contributed by atoms with Crippen molar-refractivity contribution in [3.05, 3.63) is 84.4 Å². The zero-order valence-electron chi connectivity index (χ0n) is 16.3. The maximum Gasteiger partial charge on any atom is 0.338 e. The largest absolute Gasteiger partial charge is 0.457 e. The number of hydrogen-bond acceptors (Lipinski definition) is 5. The van der Waals surface area contributed by atoms with Gasteiger partial charge in [-0.25, -0.2) is 4.79 Å². The molecule has 0 heterocycles. The molecule has 7 heteroatoms. The van der Waals surface area contributed by atoms with E-state index in [2.05, 4.69) is 10.6 Å². The molecule has 3 aromatic rings. The molecule has 0 spiro atoms. The summed E-state index contributed by atoms with van der Waals surface area (Å²) in [7, 11) is 0. The van der Waals surface area contributed by atoms with Gasteiger partial charge in [0.05, 0.1) is 5.56 Å². The van der Waals surface area contributed by atoms with E-state index in [0.717, 1.165) is 0 Å². The SMILES string of the molecule is CC(=O)Nc1cccc(NC(=O)COC(=O)c2ccc(Oc3ccccc3)cc2)c1. The number of nitrogens with one attached hydrogen (secondary N) is 2. The first-order chi connectivity index (χ1) is 14.5. The summed E-state index contributed by atoms with van der Waals surface area (Å²) >= 11 is 0. The number of carbonyl (C=O) groups excluding carboxylic acids is 3. The van der Waals surface area contributed by atoms with E-state index in [1.165, 1.54) is 6.92 Å². The first-order valence-corrected chi connectivity index (χ1v) is 9.17. The average molecular weight is 404 g/mol. The smallest absolute Gasteiger partial charge is 0.338 e. The van der Waals surface area contributed by atoms with Crippen molar-refractivity contribution in [3.63, 3.8) is 0 Å². The van der Waals surface area contributed by atoms with Gasteiger partial charge in [0.25, 0.3) is 5.91 Å². The predicted octanol–water partition coefficient (Wildman–Crippen LogP) is 4.23. The summed E-state index contributed by atoms with van der Waals surface area (Å²) in [5.41, 5.74) is 1.33. The van der Waals surface area contributed by atoms with Gasteiger partial charge < -0.3 is 20.1 Å². The first kappa shape index (κ1) is 20.6. The fourth-order valence-electron chi connectivity index (χ4n) is 2.57. The van der Waals surface area contributed by atoms with E-state index in [1.807, 2.05) is 30.3 Å². The fraction of sp³-hybridized carbons (Fsp3) is 0.0870. The quantitative estimate of drug-likeness (QED) is 0.575. The minimum Gasteiger partial charge on any atom is -0.457 e. The molecular formula is C23H20N2O5. The standard InChI is InChI=1S/C23H20N2O5/c1-16(26)24-18-6-5-7-19(14-18)25-22(27)15-29-23(28)17-10-12-21(13-11-17)30-20-8-3-2-4-9-20/h2-14H,15H2,1H3,(H,24,26)(H,25,27). The minimum absolute atomic E-state index is 0.215. The van der Waals surface area contributed by atoms with Crippen molar-refractivity contribution in [2.24, 2.45) is 0 Å². The summed E-state index contributed by atoms with van der Waals surface area (Å²) in [6, 6.07) is 22.3. The molecule has 0 saturated carbocycles. The second-order valence-corrected chi connectivity index (χ2v) is 6.33. The van der Waals surface area contributed by atoms with Gasteiger partial charge in [0.1, 0.15) is 11.5 Å². The maximum absolute atomic E-state index is 12.2. The Hall–Kier alpha value is -4.13. The Morgan fingerprint density at radius 1 is 0.767 bits per heavy atom. The highest BCUT2D eigenvalue weighted by Gasteiger charge is 2.11. The summed E-state index contributed by atoms with van der Waals surface area (Å²) in [6.45, 7) is 0.955. The summed E-state index contributed by atoms with van der Waals surface area (Å²) in [4.78, 5) is 35.3. The highest BCUT2D eigenvalue weighted by Crippen LogP contribution is 2.21. The van der Waals surface area contributed by atoms with Crippen LogP contribution < -0.4 is 15.4 Å². The number of esters is 1. The van der Waals surface area contributed by atoms with Crippen LogP contribution in [0.4, 0.5) is 11.4 Å². The molecule has 2 amide bonds. The van der Waals surface area contributed by atoms with E-state index in [4.69, 9.17) is 9.47 Å². The van der Waals surface area contributed by atoms with E-state index in [0.29, 0.717) is 28.4 Å². The van der Waals surface area contributed by atoms with Gasteiger partial charge in [-0.15, -0.1) is 0 Å². The van der Waals surface area contributed by atoms with E-state index >= 15 is 0 Å². The van der Waals surface area contributed by atoms with Crippen molar-refractivity contribution in [3.8, 4) is 11.5 Å². The third-order valence-electron chi connectivity index (χ3n) is 3.87. The lowest BCUT2D eigenvalue weighted by Crippen LogP contribution is -2.21. The molecule has 0 fully saturated rings. The number of ether oxygens (including phenoxy) is 2. The number of anilines is 2. The van der Waals surface area contributed by atoms with Crippen LogP contribution >= 0.6 is 0 Å². The Morgan fingerprint density at radius 2 is 1.40 bits per heavy atom. The molecule has 0 aliphatic carbocycles. The first-order valence-electron chi connectivity index (χ1n) is 9.17. The third-order valence-corrected chi connectivity index (χ3v) is 3.87. The van der Waals surface area contributed by atoms with Crippen LogP contribution in [0.1, 0.15) is 17.3 Å². The normalized spacial score (nSPS) is 10.0. The molecule has 0 aromatic heterocycles. The van der Waals surface area contributed by atoms with Crippen molar-refractivity contribution in [2.45, 2.75) is 6.92 Å². The van der Waals surface area contributed by atoms with Gasteiger partial charge in [-0.3, -0.25) is 9.59 Å². The Balaban J connectivity index is 1.50. The molecule has 152 valence electrons. The molecule has 30 heavy (non-hydrogen) atoms. The Morgan fingerprint density at radius 3 is 2.07 bits per heavy atom. The summed E-state index contributed by atoms with van der Waals surface area (Å²) in [5, 5.41) is 5.24. The molecule has 0 saturated heterocycles. The lowest BCUT2D eigenvalue weighted by Gasteiger charge is -2.09. The second kappa shape index (κ2) is 9.88. The number of benzene rings is 3. The van der Waals surface area contributed by atoms with Gasteiger partial charge in [-0.1, -0.05) is 24.3 Å². The minimum atomic E-state index is -0.622. The highest BCUT2D eigenvalue weighted by atomic mass is 16.5. The van der Waals surface area contributed by atoms with Crippen LogP contribution in [0.5, 0.6) is 11.5 Å². The number of amides is 2. The van der Waals surface area contributed by atoms with Crippen molar-refractivity contribution in [1.29, 1.82) is 0 Å². The molecule has 2 N–H and O–H groups in total. The van der Waals surface area contributed by atoms with E-state index in [1.54, 1.807) is 48.5 Å². The number of para-hydroxylation sites is 1. The third kappa shape index (κ3) is 6.20. The molecule has 0 bridgehead atoms. The van der Waals surface area contributed by atoms with Crippen LogP contribution in [0.2, 0.25) is 0 Å². The van der Waals surface area contributed by atoms with Gasteiger partial charge in [-0.05, 0) is 54.6 Å². The van der Waals surface area contributed by atoms with Gasteiger partial charge in [0, 0.05) is 18.3 Å². The van der Waals surface area contributed by atoms with Crippen LogP contribution in [0.15, 0.2) is 78.9 Å². The molecule has 3 aromatic carbocycles. The molecule has 0 unspecified atom stereocenters. The zero-order chi connectivity index (χ0) is 21.3. The summed E-state index contributed by atoms with van der Waals surface area (Å²) in [5.74, 6) is -0.0648. The topological polar surface area (TPSA) is 93.7 Å². The van der Waals surface area contributed by atoms with Crippen LogP contribution in [0, 0.1) is 0 Å². The maximum atomic E-state index is 12.2. The lowest BCUT2D eigenvalue weighted by molar-refractivity contribution is -0.119. The van der Waals surface area contributed by atoms with Crippen molar-refractivity contribution < 1.29 is 23.9 Å². The Kier molecular flexibility index (Phi) is 6.78. The average Bonchev–Trinajstić information content (AvgIpc) is 2.73. The molecule has 0 aliphatic rings. The van der Waals surface area contributed by atoms with E-state index < -0.39 is 18.5 Å². The lowest BCUT2D eigenvalue weighted by atomic mass is 10.2. The predicted molar refractivity (Wildman–Crippen MR) is 113 cm³/mol. The van der Waals surface area contributed by atoms with Gasteiger partial charge in [-0.2, -0.15) is 0 Å². The van der Waals surface area contributed by atoms with Gasteiger partial charge in [0.15, 0.2) is 6.61 Å². The molecular weight excluding hydrogens is 384 g/mol. The van der Waals surface area contributed by atoms with Crippen LogP contribution in [0.25, 0.3) is 0 Å². The van der Waals surface area contributed by atoms with Gasteiger partial charge >= 0.3 is 5.97 Å². The van der Waals surface area contributed by atoms with E-state index in [-0.39, 0.29) is 5.91 Å². The van der Waals surface area contributed by atoms with Crippen LogP contribution in [0.3, 0.4) is 0 Å². The number of hydrogen-bond donors (Lipinski definition) is 2. The summed E-state index contributed by atoms with van der Waals surface area (Å²) < 4.78 is 10.7. The van der Waals surface area contributed by atoms with Crippen LogP contribution in [-0.2, 0) is 14.3 Å². The molecule has 0 aliphatic heterocycles. The van der Waals surface area contributed by atoms with Crippen molar-refractivity contribution in [2.75, 3.05) is 17.2 Å². The molecule has 3 rings (SSSR count). The fourth-order valence-corrected chi connectivity index (χ4v) is 2.57. The molecule has 0 radical (unpaired) electrons. The molecule has 7 nitrogen and oxygen atoms in total. The second-order valence-electron chi connectivity index (χ2n) is 6.33. The molecule has 0 atom stereocenters. The number of rotatable bonds is 7. The van der Waals surface area contributed by atoms with Crippen LogP contribution in [-0.4, -0.2) is 24.4 Å². The zero-order valence-corrected chi connectivity index (χ0v) is 16.3. The monoisotopic (exact) mass is 404 g/mol. The number of carbonyl (C=O) groups is 3. The summed E-state index contributed by atoms with van der Waals surface area (Å²) in [6.07, 6.45) is 0. The highest BCUT2D eigenvalue weighted by molar-refractivity contribution is 5.96. The Bertz CT molecular complexity index is 1030. The van der Waals surface area contributed by atoms with Crippen molar-refractivity contribution in [1.82, 2.24) is 0 Å². The van der Waals surface area contributed by atoms with Crippen molar-refractivity contribution >= 4 is 29.2 Å². The Labute approximate surface area is 173 Å². The van der Waals surface area contributed by atoms with Gasteiger partial charge in [0.2, 0.25) is 5.91 Å². The van der Waals surface area contributed by atoms with E-state index in [9.17, 15) is 14.4 Å².